The zero-order valence-electron chi connectivity index (χ0n) is 17.6. The number of nitrogens with one attached hydrogen (secondary N) is 3. The SMILES string of the molecule is CCOC(=O)C1=C(C[NH+](CC)Cc2ccc(N(C)C)cc2)NC(=O)N[C@@H]1CC. The molecule has 0 saturated heterocycles. The molecule has 2 amide bonds. The minimum atomic E-state index is -0.359. The lowest BCUT2D eigenvalue weighted by Crippen LogP contribution is -3.10. The van der Waals surface area contributed by atoms with Gasteiger partial charge in [0.2, 0.25) is 0 Å². The van der Waals surface area contributed by atoms with Gasteiger partial charge in [-0.3, -0.25) is 0 Å². The van der Waals surface area contributed by atoms with Crippen molar-refractivity contribution in [3.63, 3.8) is 0 Å². The molecule has 0 spiro atoms. The summed E-state index contributed by atoms with van der Waals surface area (Å²) < 4.78 is 5.25. The van der Waals surface area contributed by atoms with Crippen LogP contribution in [-0.2, 0) is 16.1 Å². The molecular weight excluding hydrogens is 356 g/mol. The van der Waals surface area contributed by atoms with Gasteiger partial charge in [-0.2, -0.15) is 0 Å². The summed E-state index contributed by atoms with van der Waals surface area (Å²) in [6.45, 7) is 8.39. The number of benzene rings is 1. The number of hydrogen-bond donors (Lipinski definition) is 3. The van der Waals surface area contributed by atoms with Crippen molar-refractivity contribution in [2.24, 2.45) is 0 Å². The second-order valence-corrected chi connectivity index (χ2v) is 7.19. The maximum atomic E-state index is 12.5. The molecule has 0 radical (unpaired) electrons. The van der Waals surface area contributed by atoms with E-state index in [1.165, 1.54) is 10.5 Å². The summed E-state index contributed by atoms with van der Waals surface area (Å²) in [5, 5.41) is 5.67. The lowest BCUT2D eigenvalue weighted by molar-refractivity contribution is -0.907. The van der Waals surface area contributed by atoms with E-state index in [2.05, 4.69) is 46.7 Å². The van der Waals surface area contributed by atoms with E-state index in [-0.39, 0.29) is 18.0 Å². The lowest BCUT2D eigenvalue weighted by Gasteiger charge is -2.30. The molecule has 28 heavy (non-hydrogen) atoms. The van der Waals surface area contributed by atoms with Crippen molar-refractivity contribution in [3.8, 4) is 0 Å². The van der Waals surface area contributed by atoms with Gasteiger partial charge >= 0.3 is 12.0 Å². The van der Waals surface area contributed by atoms with Gasteiger partial charge in [0.15, 0.2) is 0 Å². The number of quaternary nitrogens is 1. The van der Waals surface area contributed by atoms with Crippen LogP contribution >= 0.6 is 0 Å². The molecule has 3 N–H and O–H groups in total. The number of esters is 1. The molecule has 7 nitrogen and oxygen atoms in total. The summed E-state index contributed by atoms with van der Waals surface area (Å²) in [5.41, 5.74) is 3.58. The maximum Gasteiger partial charge on any atom is 0.338 e. The molecule has 0 saturated carbocycles. The second-order valence-electron chi connectivity index (χ2n) is 7.19. The number of amides is 2. The van der Waals surface area contributed by atoms with Crippen molar-refractivity contribution in [1.82, 2.24) is 10.6 Å². The Morgan fingerprint density at radius 1 is 1.14 bits per heavy atom. The molecule has 154 valence electrons. The third-order valence-electron chi connectivity index (χ3n) is 4.98. The van der Waals surface area contributed by atoms with E-state index in [4.69, 9.17) is 4.74 Å². The Kier molecular flexibility index (Phi) is 7.87. The van der Waals surface area contributed by atoms with Crippen molar-refractivity contribution >= 4 is 17.7 Å². The Labute approximate surface area is 167 Å². The number of carbonyl (C=O) groups excluding carboxylic acids is 2. The van der Waals surface area contributed by atoms with Crippen LogP contribution in [0.2, 0.25) is 0 Å². The minimum Gasteiger partial charge on any atom is -0.463 e. The van der Waals surface area contributed by atoms with Gasteiger partial charge in [-0.05, 0) is 32.4 Å². The van der Waals surface area contributed by atoms with E-state index < -0.39 is 0 Å². The van der Waals surface area contributed by atoms with E-state index in [0.717, 1.165) is 18.8 Å². The van der Waals surface area contributed by atoms with Crippen LogP contribution in [0.5, 0.6) is 0 Å². The molecule has 1 aromatic rings. The molecule has 0 bridgehead atoms. The average Bonchev–Trinajstić information content (AvgIpc) is 2.67. The zero-order chi connectivity index (χ0) is 20.7. The summed E-state index contributed by atoms with van der Waals surface area (Å²) in [6.07, 6.45) is 0.637. The first-order chi connectivity index (χ1) is 13.4. The van der Waals surface area contributed by atoms with Gasteiger partial charge in [0.1, 0.15) is 13.1 Å². The summed E-state index contributed by atoms with van der Waals surface area (Å²) >= 11 is 0. The van der Waals surface area contributed by atoms with Gasteiger partial charge in [0.05, 0.1) is 30.5 Å². The number of ether oxygens (including phenoxy) is 1. The first-order valence-corrected chi connectivity index (χ1v) is 9.97. The fourth-order valence-corrected chi connectivity index (χ4v) is 3.36. The topological polar surface area (TPSA) is 75.1 Å². The van der Waals surface area contributed by atoms with Gasteiger partial charge in [-0.25, -0.2) is 9.59 Å². The first kappa shape index (κ1) is 21.8. The number of urea groups is 1. The molecule has 0 fully saturated rings. The van der Waals surface area contributed by atoms with Crippen LogP contribution in [0.1, 0.15) is 32.8 Å². The maximum absolute atomic E-state index is 12.5. The van der Waals surface area contributed by atoms with Crippen LogP contribution < -0.4 is 20.4 Å². The first-order valence-electron chi connectivity index (χ1n) is 9.97. The van der Waals surface area contributed by atoms with Gasteiger partial charge < -0.3 is 25.2 Å². The molecule has 0 aromatic heterocycles. The van der Waals surface area contributed by atoms with Gasteiger partial charge in [0, 0.05) is 25.3 Å². The van der Waals surface area contributed by atoms with Crippen molar-refractivity contribution < 1.29 is 19.2 Å². The highest BCUT2D eigenvalue weighted by molar-refractivity contribution is 5.94. The molecule has 1 aliphatic rings. The Bertz CT molecular complexity index is 713. The number of carbonyl (C=O) groups is 2. The predicted octanol–water partition coefficient (Wildman–Crippen LogP) is 1.07. The third kappa shape index (κ3) is 5.48. The molecule has 1 unspecified atom stereocenters. The number of hydrogen-bond acceptors (Lipinski definition) is 4. The van der Waals surface area contributed by atoms with Crippen LogP contribution in [0.25, 0.3) is 0 Å². The number of likely N-dealkylation sites (N-methyl/N-ethyl adjacent to an activating group) is 1. The molecule has 1 aromatic carbocycles. The average molecular weight is 390 g/mol. The monoisotopic (exact) mass is 389 g/mol. The Morgan fingerprint density at radius 3 is 2.36 bits per heavy atom. The molecular formula is C21H33N4O3+. The molecule has 0 aliphatic carbocycles. The highest BCUT2D eigenvalue weighted by Gasteiger charge is 2.33. The van der Waals surface area contributed by atoms with Crippen LogP contribution in [0.15, 0.2) is 35.5 Å². The molecule has 1 heterocycles. The molecule has 2 atom stereocenters. The summed E-state index contributed by atoms with van der Waals surface area (Å²) in [6, 6.07) is 7.88. The standard InChI is InChI=1S/C21H32N4O3/c1-6-17-19(20(26)28-8-3)18(23-21(27)22-17)14-25(7-2)13-15-9-11-16(12-10-15)24(4)5/h9-12,17H,6-8,13-14H2,1-5H3,(H2,22,23,27)/p+1/t17-/m1/s1. The fourth-order valence-electron chi connectivity index (χ4n) is 3.36. The highest BCUT2D eigenvalue weighted by Crippen LogP contribution is 2.16. The van der Waals surface area contributed by atoms with Crippen molar-refractivity contribution in [2.75, 3.05) is 38.7 Å². The van der Waals surface area contributed by atoms with Crippen molar-refractivity contribution in [3.05, 3.63) is 41.1 Å². The Morgan fingerprint density at radius 2 is 1.82 bits per heavy atom. The largest absolute Gasteiger partial charge is 0.463 e. The number of nitrogens with zero attached hydrogens (tertiary/aromatic N) is 1. The number of rotatable bonds is 9. The van der Waals surface area contributed by atoms with E-state index in [1.807, 2.05) is 21.0 Å². The smallest absolute Gasteiger partial charge is 0.338 e. The van der Waals surface area contributed by atoms with E-state index in [1.54, 1.807) is 6.92 Å². The quantitative estimate of drug-likeness (QED) is 0.552. The molecule has 2 rings (SSSR count). The third-order valence-corrected chi connectivity index (χ3v) is 4.98. The van der Waals surface area contributed by atoms with E-state index >= 15 is 0 Å². The van der Waals surface area contributed by atoms with E-state index in [0.29, 0.717) is 30.8 Å². The Hall–Kier alpha value is -2.54. The minimum absolute atomic E-state index is 0.263. The van der Waals surface area contributed by atoms with Crippen LogP contribution in [0, 0.1) is 0 Å². The van der Waals surface area contributed by atoms with E-state index in [9.17, 15) is 9.59 Å². The fraction of sp³-hybridized carbons (Fsp3) is 0.524. The van der Waals surface area contributed by atoms with Crippen LogP contribution in [-0.4, -0.2) is 51.8 Å². The summed E-state index contributed by atoms with van der Waals surface area (Å²) in [4.78, 5) is 27.9. The normalized spacial score (nSPS) is 17.6. The lowest BCUT2D eigenvalue weighted by atomic mass is 10.00. The summed E-state index contributed by atoms with van der Waals surface area (Å²) in [7, 11) is 4.04. The van der Waals surface area contributed by atoms with Gasteiger partial charge in [-0.1, -0.05) is 19.1 Å². The van der Waals surface area contributed by atoms with Crippen molar-refractivity contribution in [2.45, 2.75) is 39.8 Å². The second kappa shape index (κ2) is 10.1. The molecule has 1 aliphatic heterocycles. The highest BCUT2D eigenvalue weighted by atomic mass is 16.5. The van der Waals surface area contributed by atoms with Crippen LogP contribution in [0.4, 0.5) is 10.5 Å². The van der Waals surface area contributed by atoms with Crippen LogP contribution in [0.3, 0.4) is 0 Å². The van der Waals surface area contributed by atoms with Crippen molar-refractivity contribution in [1.29, 1.82) is 0 Å². The summed E-state index contributed by atoms with van der Waals surface area (Å²) in [5.74, 6) is -0.359. The Balaban J connectivity index is 2.22. The number of anilines is 1. The van der Waals surface area contributed by atoms with Gasteiger partial charge in [-0.15, -0.1) is 0 Å². The molecule has 7 heteroatoms. The van der Waals surface area contributed by atoms with Gasteiger partial charge in [0.25, 0.3) is 0 Å². The zero-order valence-corrected chi connectivity index (χ0v) is 17.6. The predicted molar refractivity (Wildman–Crippen MR) is 110 cm³/mol.